The third-order valence-corrected chi connectivity index (χ3v) is 5.39. The van der Waals surface area contributed by atoms with Crippen molar-refractivity contribution >= 4 is 5.97 Å². The zero-order valence-corrected chi connectivity index (χ0v) is 16.0. The van der Waals surface area contributed by atoms with Gasteiger partial charge in [0, 0.05) is 12.8 Å². The van der Waals surface area contributed by atoms with Gasteiger partial charge in [0.25, 0.3) is 0 Å². The summed E-state index contributed by atoms with van der Waals surface area (Å²) in [5.74, 6) is -0.204. The Hall–Kier alpha value is -0.690. The van der Waals surface area contributed by atoms with E-state index in [4.69, 9.17) is 9.47 Å². The molecule has 2 rings (SSSR count). The molecule has 0 aromatic rings. The van der Waals surface area contributed by atoms with Crippen molar-refractivity contribution < 1.29 is 29.6 Å². The van der Waals surface area contributed by atoms with Crippen LogP contribution in [0.2, 0.25) is 0 Å². The first kappa shape index (κ1) is 21.6. The molecule has 0 spiro atoms. The van der Waals surface area contributed by atoms with E-state index in [0.717, 1.165) is 19.3 Å². The van der Waals surface area contributed by atoms with E-state index in [1.165, 1.54) is 19.3 Å². The Morgan fingerprint density at radius 1 is 0.962 bits per heavy atom. The van der Waals surface area contributed by atoms with Crippen LogP contribution in [0.1, 0.15) is 84.0 Å². The van der Waals surface area contributed by atoms with Crippen molar-refractivity contribution in [2.24, 2.45) is 0 Å². The number of carbonyl (C=O) groups excluding carboxylic acids is 1. The zero-order valence-electron chi connectivity index (χ0n) is 16.0. The summed E-state index contributed by atoms with van der Waals surface area (Å²) in [5.41, 5.74) is 0. The molecule has 2 aliphatic heterocycles. The summed E-state index contributed by atoms with van der Waals surface area (Å²) in [4.78, 5) is 11.4. The van der Waals surface area contributed by atoms with Crippen LogP contribution in [0.5, 0.6) is 0 Å². The summed E-state index contributed by atoms with van der Waals surface area (Å²) in [6.45, 7) is 2.17. The molecule has 2 fully saturated rings. The minimum absolute atomic E-state index is 0.105. The topological polar surface area (TPSA) is 96.2 Å². The van der Waals surface area contributed by atoms with Gasteiger partial charge in [0.1, 0.15) is 6.10 Å². The minimum Gasteiger partial charge on any atom is -0.462 e. The van der Waals surface area contributed by atoms with Gasteiger partial charge in [-0.25, -0.2) is 0 Å². The van der Waals surface area contributed by atoms with Gasteiger partial charge in [-0.05, 0) is 25.7 Å². The fourth-order valence-electron chi connectivity index (χ4n) is 4.09. The number of fused-ring (bicyclic) bond motifs is 2. The Kier molecular flexibility index (Phi) is 9.33. The average molecular weight is 373 g/mol. The number of carbonyl (C=O) groups is 1. The maximum absolute atomic E-state index is 11.4. The monoisotopic (exact) mass is 372 g/mol. The predicted molar refractivity (Wildman–Crippen MR) is 97.6 cm³/mol. The van der Waals surface area contributed by atoms with E-state index in [2.05, 4.69) is 6.92 Å². The van der Waals surface area contributed by atoms with Gasteiger partial charge in [-0.15, -0.1) is 0 Å². The Morgan fingerprint density at radius 2 is 1.69 bits per heavy atom. The smallest absolute Gasteiger partial charge is 0.308 e. The van der Waals surface area contributed by atoms with Crippen LogP contribution in [0.15, 0.2) is 0 Å². The molecule has 0 aromatic heterocycles. The second-order valence-corrected chi connectivity index (χ2v) is 8.04. The molecule has 3 unspecified atom stereocenters. The second-order valence-electron chi connectivity index (χ2n) is 8.04. The van der Waals surface area contributed by atoms with Crippen molar-refractivity contribution in [3.63, 3.8) is 0 Å². The van der Waals surface area contributed by atoms with Crippen LogP contribution < -0.4 is 0 Å². The van der Waals surface area contributed by atoms with Gasteiger partial charge in [-0.3, -0.25) is 4.79 Å². The quantitative estimate of drug-likeness (QED) is 0.360. The maximum Gasteiger partial charge on any atom is 0.308 e. The van der Waals surface area contributed by atoms with E-state index in [-0.39, 0.29) is 37.1 Å². The molecule has 26 heavy (non-hydrogen) atoms. The molecule has 0 saturated carbocycles. The van der Waals surface area contributed by atoms with Crippen LogP contribution in [-0.2, 0) is 14.3 Å². The molecule has 0 aromatic carbocycles. The Bertz CT molecular complexity index is 399. The lowest BCUT2D eigenvalue weighted by molar-refractivity contribution is -0.186. The molecular formula is C20H36O6. The Balaban J connectivity index is 1.59. The molecule has 2 aliphatic rings. The van der Waals surface area contributed by atoms with Gasteiger partial charge in [0.05, 0.1) is 36.9 Å². The van der Waals surface area contributed by atoms with E-state index in [9.17, 15) is 20.1 Å². The molecule has 152 valence electrons. The van der Waals surface area contributed by atoms with Crippen LogP contribution in [0.25, 0.3) is 0 Å². The summed E-state index contributed by atoms with van der Waals surface area (Å²) >= 11 is 0. The van der Waals surface area contributed by atoms with Crippen molar-refractivity contribution in [1.29, 1.82) is 0 Å². The third-order valence-electron chi connectivity index (χ3n) is 5.39. The van der Waals surface area contributed by atoms with Crippen molar-refractivity contribution in [1.82, 2.24) is 0 Å². The summed E-state index contributed by atoms with van der Waals surface area (Å²) in [6.07, 6.45) is 6.79. The molecule has 2 bridgehead atoms. The fourth-order valence-corrected chi connectivity index (χ4v) is 4.09. The molecule has 6 nitrogen and oxygen atoms in total. The van der Waals surface area contributed by atoms with Crippen LogP contribution >= 0.6 is 0 Å². The molecule has 0 aliphatic carbocycles. The molecule has 6 heteroatoms. The molecule has 2 saturated heterocycles. The van der Waals surface area contributed by atoms with Gasteiger partial charge >= 0.3 is 5.97 Å². The molecule has 3 N–H and O–H groups in total. The second kappa shape index (κ2) is 11.2. The number of esters is 1. The van der Waals surface area contributed by atoms with E-state index in [1.807, 2.05) is 0 Å². The SMILES string of the molecule is CCCCCCC[C@@H](O)C[C@@H](O)C[C@@H](O)CC1CC2CC(CC(=O)O2)O1. The lowest BCUT2D eigenvalue weighted by atomic mass is 9.92. The zero-order chi connectivity index (χ0) is 18.9. The van der Waals surface area contributed by atoms with E-state index < -0.39 is 18.3 Å². The van der Waals surface area contributed by atoms with Crippen LogP contribution in [-0.4, -0.2) is 57.9 Å². The highest BCUT2D eigenvalue weighted by molar-refractivity contribution is 5.71. The highest BCUT2D eigenvalue weighted by Gasteiger charge is 2.38. The van der Waals surface area contributed by atoms with E-state index >= 15 is 0 Å². The molecule has 2 heterocycles. The number of aliphatic hydroxyl groups excluding tert-OH is 3. The molecular weight excluding hydrogens is 336 g/mol. The van der Waals surface area contributed by atoms with Crippen molar-refractivity contribution in [2.75, 3.05) is 0 Å². The number of unbranched alkanes of at least 4 members (excludes halogenated alkanes) is 4. The maximum atomic E-state index is 11.4. The normalized spacial score (nSPS) is 29.1. The Labute approximate surface area is 156 Å². The first-order valence-electron chi connectivity index (χ1n) is 10.3. The number of ether oxygens (including phenoxy) is 2. The lowest BCUT2D eigenvalue weighted by Crippen LogP contribution is -2.44. The van der Waals surface area contributed by atoms with Gasteiger partial charge in [0.15, 0.2) is 0 Å². The number of aliphatic hydroxyl groups is 3. The number of rotatable bonds is 12. The number of hydrogen-bond donors (Lipinski definition) is 3. The average Bonchev–Trinajstić information content (AvgIpc) is 2.53. The lowest BCUT2D eigenvalue weighted by Gasteiger charge is -2.39. The van der Waals surface area contributed by atoms with Crippen molar-refractivity contribution in [3.05, 3.63) is 0 Å². The third kappa shape index (κ3) is 7.91. The largest absolute Gasteiger partial charge is 0.462 e. The summed E-state index contributed by atoms with van der Waals surface area (Å²) in [5, 5.41) is 30.4. The predicted octanol–water partition coefficient (Wildman–Crippen LogP) is 2.46. The highest BCUT2D eigenvalue weighted by atomic mass is 16.6. The van der Waals surface area contributed by atoms with Crippen LogP contribution in [0, 0.1) is 0 Å². The van der Waals surface area contributed by atoms with Crippen LogP contribution in [0.3, 0.4) is 0 Å². The van der Waals surface area contributed by atoms with Gasteiger partial charge in [0.2, 0.25) is 0 Å². The van der Waals surface area contributed by atoms with Crippen molar-refractivity contribution in [2.45, 2.75) is 121 Å². The van der Waals surface area contributed by atoms with Crippen LogP contribution in [0.4, 0.5) is 0 Å². The van der Waals surface area contributed by atoms with Gasteiger partial charge < -0.3 is 24.8 Å². The minimum atomic E-state index is -0.712. The van der Waals surface area contributed by atoms with E-state index in [1.54, 1.807) is 0 Å². The molecule has 0 radical (unpaired) electrons. The Morgan fingerprint density at radius 3 is 2.42 bits per heavy atom. The summed E-state index contributed by atoms with van der Waals surface area (Å²) in [7, 11) is 0. The fraction of sp³-hybridized carbons (Fsp3) is 0.950. The summed E-state index contributed by atoms with van der Waals surface area (Å²) < 4.78 is 11.1. The standard InChI is InChI=1S/C20H36O6/c1-2-3-4-5-6-7-14(21)8-15(22)9-16(23)10-17-11-18-12-19(25-17)13-20(24)26-18/h14-19,21-23H,2-13H2,1H3/t14-,15-,16-,17?,18?,19?/m1/s1. The molecule has 0 amide bonds. The molecule has 6 atom stereocenters. The highest BCUT2D eigenvalue weighted by Crippen LogP contribution is 2.31. The van der Waals surface area contributed by atoms with E-state index in [0.29, 0.717) is 25.7 Å². The van der Waals surface area contributed by atoms with Gasteiger partial charge in [-0.1, -0.05) is 39.0 Å². The van der Waals surface area contributed by atoms with Crippen molar-refractivity contribution in [3.8, 4) is 0 Å². The first-order valence-corrected chi connectivity index (χ1v) is 10.3. The van der Waals surface area contributed by atoms with Gasteiger partial charge in [-0.2, -0.15) is 0 Å². The summed E-state index contributed by atoms with van der Waals surface area (Å²) in [6, 6.07) is 0. The first-order chi connectivity index (χ1) is 12.5. The number of hydrogen-bond acceptors (Lipinski definition) is 6.